The van der Waals surface area contributed by atoms with Gasteiger partial charge in [-0.2, -0.15) is 0 Å². The maximum absolute atomic E-state index is 2.33. The molecular formula is C15H29N. The van der Waals surface area contributed by atoms with E-state index in [1.54, 1.807) is 0 Å². The number of hydrogen-bond donors (Lipinski definition) is 0. The van der Waals surface area contributed by atoms with Gasteiger partial charge in [-0.05, 0) is 25.6 Å². The normalized spacial score (nSPS) is 8.69. The summed E-state index contributed by atoms with van der Waals surface area (Å²) in [6.45, 7) is 12.5. The molecule has 1 nitrogen and oxygen atoms in total. The molecule has 0 unspecified atom stereocenters. The molecule has 0 radical (unpaired) electrons. The predicted octanol–water partition coefficient (Wildman–Crippen LogP) is 4.23. The second kappa shape index (κ2) is 14.2. The number of benzene rings is 1. The van der Waals surface area contributed by atoms with E-state index in [0.717, 1.165) is 19.5 Å². The van der Waals surface area contributed by atoms with E-state index in [-0.39, 0.29) is 0 Å². The van der Waals surface area contributed by atoms with Crippen molar-refractivity contribution in [1.82, 2.24) is 4.90 Å². The van der Waals surface area contributed by atoms with E-state index < -0.39 is 0 Å². The first-order valence-electron chi connectivity index (χ1n) is 6.55. The summed E-state index contributed by atoms with van der Waals surface area (Å²) in [5.41, 5.74) is 1.43. The maximum atomic E-state index is 2.33. The van der Waals surface area contributed by atoms with Crippen LogP contribution in [0, 0.1) is 0 Å². The van der Waals surface area contributed by atoms with Crippen LogP contribution in [-0.2, 0) is 6.42 Å². The first-order valence-corrected chi connectivity index (χ1v) is 6.55. The number of likely N-dealkylation sites (N-methyl/N-ethyl adjacent to an activating group) is 1. The van der Waals surface area contributed by atoms with Crippen LogP contribution in [0.4, 0.5) is 0 Å². The highest BCUT2D eigenvalue weighted by Gasteiger charge is 1.94. The average Bonchev–Trinajstić information content (AvgIpc) is 2.41. The fourth-order valence-corrected chi connectivity index (χ4v) is 1.12. The Morgan fingerprint density at radius 1 is 0.938 bits per heavy atom. The SMILES string of the molecule is CC.CC.CCN(C)CCc1ccccc1. The molecule has 0 spiro atoms. The monoisotopic (exact) mass is 223 g/mol. The van der Waals surface area contributed by atoms with E-state index in [4.69, 9.17) is 0 Å². The summed E-state index contributed by atoms with van der Waals surface area (Å²) in [5.74, 6) is 0. The second-order valence-corrected chi connectivity index (χ2v) is 3.13. The van der Waals surface area contributed by atoms with Crippen molar-refractivity contribution in [3.05, 3.63) is 35.9 Å². The van der Waals surface area contributed by atoms with E-state index >= 15 is 0 Å². The van der Waals surface area contributed by atoms with Gasteiger partial charge in [-0.25, -0.2) is 0 Å². The molecule has 0 N–H and O–H groups in total. The Morgan fingerprint density at radius 2 is 1.44 bits per heavy atom. The Kier molecular flexibility index (Phi) is 15.6. The second-order valence-electron chi connectivity index (χ2n) is 3.13. The summed E-state index contributed by atoms with van der Waals surface area (Å²) in [7, 11) is 2.16. The summed E-state index contributed by atoms with van der Waals surface area (Å²) >= 11 is 0. The van der Waals surface area contributed by atoms with E-state index in [1.807, 2.05) is 27.7 Å². The van der Waals surface area contributed by atoms with E-state index in [9.17, 15) is 0 Å². The Morgan fingerprint density at radius 3 is 1.88 bits per heavy atom. The van der Waals surface area contributed by atoms with Crippen LogP contribution in [0.5, 0.6) is 0 Å². The molecule has 0 atom stereocenters. The molecule has 0 bridgehead atoms. The van der Waals surface area contributed by atoms with Crippen molar-refractivity contribution in [1.29, 1.82) is 0 Å². The number of rotatable bonds is 4. The van der Waals surface area contributed by atoms with Crippen LogP contribution < -0.4 is 0 Å². The van der Waals surface area contributed by atoms with Gasteiger partial charge in [-0.3, -0.25) is 0 Å². The molecule has 1 rings (SSSR count). The summed E-state index contributed by atoms with van der Waals surface area (Å²) in [6.07, 6.45) is 1.16. The minimum Gasteiger partial charge on any atom is -0.306 e. The van der Waals surface area contributed by atoms with E-state index in [1.165, 1.54) is 5.56 Å². The van der Waals surface area contributed by atoms with E-state index in [2.05, 4.69) is 49.2 Å². The predicted molar refractivity (Wildman–Crippen MR) is 76.0 cm³/mol. The Labute approximate surface area is 102 Å². The third-order valence-corrected chi connectivity index (χ3v) is 2.16. The third kappa shape index (κ3) is 9.72. The zero-order valence-electron chi connectivity index (χ0n) is 12.0. The molecule has 1 heteroatoms. The Bertz CT molecular complexity index is 206. The van der Waals surface area contributed by atoms with Crippen molar-refractivity contribution in [2.24, 2.45) is 0 Å². The Balaban J connectivity index is 0. The zero-order valence-corrected chi connectivity index (χ0v) is 12.0. The molecule has 0 aliphatic heterocycles. The molecule has 0 heterocycles. The van der Waals surface area contributed by atoms with Gasteiger partial charge in [-0.15, -0.1) is 0 Å². The van der Waals surface area contributed by atoms with Crippen LogP contribution in [0.2, 0.25) is 0 Å². The minimum absolute atomic E-state index is 1.13. The molecule has 0 amide bonds. The molecule has 0 saturated carbocycles. The molecule has 1 aromatic rings. The van der Waals surface area contributed by atoms with Crippen LogP contribution in [0.25, 0.3) is 0 Å². The zero-order chi connectivity index (χ0) is 12.8. The van der Waals surface area contributed by atoms with Crippen molar-refractivity contribution in [2.75, 3.05) is 20.1 Å². The van der Waals surface area contributed by atoms with Gasteiger partial charge in [0.2, 0.25) is 0 Å². The topological polar surface area (TPSA) is 3.24 Å². The first-order chi connectivity index (χ1) is 7.83. The van der Waals surface area contributed by atoms with Gasteiger partial charge in [0, 0.05) is 6.54 Å². The molecule has 0 aromatic heterocycles. The highest BCUT2D eigenvalue weighted by Crippen LogP contribution is 1.99. The van der Waals surface area contributed by atoms with E-state index in [0.29, 0.717) is 0 Å². The molecule has 0 fully saturated rings. The summed E-state index contributed by atoms with van der Waals surface area (Å²) in [5, 5.41) is 0. The largest absolute Gasteiger partial charge is 0.306 e. The summed E-state index contributed by atoms with van der Waals surface area (Å²) in [4.78, 5) is 2.33. The molecule has 16 heavy (non-hydrogen) atoms. The third-order valence-electron chi connectivity index (χ3n) is 2.16. The number of hydrogen-bond acceptors (Lipinski definition) is 1. The average molecular weight is 223 g/mol. The van der Waals surface area contributed by atoms with Gasteiger partial charge in [0.25, 0.3) is 0 Å². The minimum atomic E-state index is 1.13. The van der Waals surface area contributed by atoms with Gasteiger partial charge < -0.3 is 4.90 Å². The van der Waals surface area contributed by atoms with Crippen LogP contribution >= 0.6 is 0 Å². The van der Waals surface area contributed by atoms with Crippen LogP contribution in [-0.4, -0.2) is 25.0 Å². The lowest BCUT2D eigenvalue weighted by atomic mass is 10.1. The van der Waals surface area contributed by atoms with Gasteiger partial charge in [-0.1, -0.05) is 65.0 Å². The van der Waals surface area contributed by atoms with Crippen LogP contribution in [0.1, 0.15) is 40.2 Å². The lowest BCUT2D eigenvalue weighted by Gasteiger charge is -2.12. The lowest BCUT2D eigenvalue weighted by Crippen LogP contribution is -2.20. The van der Waals surface area contributed by atoms with Gasteiger partial charge in [0.15, 0.2) is 0 Å². The summed E-state index contributed by atoms with van der Waals surface area (Å²) < 4.78 is 0. The fourth-order valence-electron chi connectivity index (χ4n) is 1.12. The molecule has 0 aliphatic rings. The lowest BCUT2D eigenvalue weighted by molar-refractivity contribution is 0.357. The van der Waals surface area contributed by atoms with Gasteiger partial charge >= 0.3 is 0 Å². The highest BCUT2D eigenvalue weighted by molar-refractivity contribution is 5.14. The van der Waals surface area contributed by atoms with Crippen molar-refractivity contribution in [3.8, 4) is 0 Å². The van der Waals surface area contributed by atoms with Gasteiger partial charge in [0.1, 0.15) is 0 Å². The first kappa shape index (κ1) is 17.6. The van der Waals surface area contributed by atoms with Gasteiger partial charge in [0.05, 0.1) is 0 Å². The molecular weight excluding hydrogens is 194 g/mol. The molecule has 94 valence electrons. The molecule has 1 aromatic carbocycles. The Hall–Kier alpha value is -0.820. The van der Waals surface area contributed by atoms with Crippen LogP contribution in [0.15, 0.2) is 30.3 Å². The van der Waals surface area contributed by atoms with Crippen molar-refractivity contribution in [3.63, 3.8) is 0 Å². The standard InChI is InChI=1S/C11H17N.2C2H6/c1-3-12(2)10-9-11-7-5-4-6-8-11;2*1-2/h4-8H,3,9-10H2,1-2H3;2*1-2H3. The van der Waals surface area contributed by atoms with Crippen molar-refractivity contribution < 1.29 is 0 Å². The van der Waals surface area contributed by atoms with Crippen LogP contribution in [0.3, 0.4) is 0 Å². The quantitative estimate of drug-likeness (QED) is 0.738. The maximum Gasteiger partial charge on any atom is 0.00187 e. The summed E-state index contributed by atoms with van der Waals surface area (Å²) in [6, 6.07) is 10.6. The molecule has 0 saturated heterocycles. The number of nitrogens with zero attached hydrogens (tertiary/aromatic N) is 1. The van der Waals surface area contributed by atoms with Crippen molar-refractivity contribution in [2.45, 2.75) is 41.0 Å². The molecule has 0 aliphatic carbocycles. The highest BCUT2D eigenvalue weighted by atomic mass is 15.1. The smallest absolute Gasteiger partial charge is 0.00187 e. The fraction of sp³-hybridized carbons (Fsp3) is 0.600. The van der Waals surface area contributed by atoms with Crippen molar-refractivity contribution >= 4 is 0 Å².